The van der Waals surface area contributed by atoms with E-state index < -0.39 is 0 Å². The molecule has 0 bridgehead atoms. The van der Waals surface area contributed by atoms with Crippen molar-refractivity contribution in [3.05, 3.63) is 59.5 Å². The number of thiazole rings is 1. The first-order chi connectivity index (χ1) is 14.5. The number of rotatable bonds is 4. The summed E-state index contributed by atoms with van der Waals surface area (Å²) in [6.45, 7) is 5.80. The molecule has 0 aliphatic carbocycles. The zero-order valence-electron chi connectivity index (χ0n) is 16.9. The SMILES string of the molecule is CC1CC(C)CN(C(=O)c2ccccc2NC(=O)c2csc(-c3cnccn3)n2)C1. The van der Waals surface area contributed by atoms with Crippen molar-refractivity contribution < 1.29 is 9.59 Å². The first-order valence-electron chi connectivity index (χ1n) is 9.93. The number of piperidine rings is 1. The van der Waals surface area contributed by atoms with Gasteiger partial charge in [-0.15, -0.1) is 11.3 Å². The average molecular weight is 422 g/mol. The minimum atomic E-state index is -0.359. The summed E-state index contributed by atoms with van der Waals surface area (Å²) < 4.78 is 0. The highest BCUT2D eigenvalue weighted by atomic mass is 32.1. The van der Waals surface area contributed by atoms with E-state index in [-0.39, 0.29) is 17.5 Å². The molecule has 1 aliphatic rings. The second-order valence-corrected chi connectivity index (χ2v) is 8.64. The van der Waals surface area contributed by atoms with Gasteiger partial charge in [-0.05, 0) is 30.4 Å². The van der Waals surface area contributed by atoms with Gasteiger partial charge in [0.1, 0.15) is 16.4 Å². The maximum Gasteiger partial charge on any atom is 0.275 e. The smallest absolute Gasteiger partial charge is 0.275 e. The van der Waals surface area contributed by atoms with Crippen LogP contribution in [0, 0.1) is 11.8 Å². The predicted molar refractivity (Wildman–Crippen MR) is 116 cm³/mol. The molecule has 8 heteroatoms. The van der Waals surface area contributed by atoms with Crippen LogP contribution in [-0.2, 0) is 0 Å². The van der Waals surface area contributed by atoms with Crippen molar-refractivity contribution in [2.75, 3.05) is 18.4 Å². The molecule has 3 heterocycles. The van der Waals surface area contributed by atoms with Crippen molar-refractivity contribution in [1.82, 2.24) is 19.9 Å². The number of likely N-dealkylation sites (tertiary alicyclic amines) is 1. The van der Waals surface area contributed by atoms with E-state index in [9.17, 15) is 9.59 Å². The summed E-state index contributed by atoms with van der Waals surface area (Å²) in [6, 6.07) is 7.13. The Labute approximate surface area is 179 Å². The van der Waals surface area contributed by atoms with Gasteiger partial charge >= 0.3 is 0 Å². The Morgan fingerprint density at radius 1 is 1.13 bits per heavy atom. The monoisotopic (exact) mass is 421 g/mol. The van der Waals surface area contributed by atoms with Crippen molar-refractivity contribution in [2.24, 2.45) is 11.8 Å². The van der Waals surface area contributed by atoms with Gasteiger partial charge in [0.2, 0.25) is 0 Å². The molecule has 2 amide bonds. The number of para-hydroxylation sites is 1. The zero-order valence-corrected chi connectivity index (χ0v) is 17.7. The molecule has 154 valence electrons. The largest absolute Gasteiger partial charge is 0.338 e. The van der Waals surface area contributed by atoms with Crippen molar-refractivity contribution >= 4 is 28.8 Å². The van der Waals surface area contributed by atoms with Crippen LogP contribution in [0.3, 0.4) is 0 Å². The number of hydrogen-bond acceptors (Lipinski definition) is 6. The molecule has 1 aromatic carbocycles. The molecule has 2 unspecified atom stereocenters. The third kappa shape index (κ3) is 4.38. The minimum absolute atomic E-state index is 0.0529. The van der Waals surface area contributed by atoms with Crippen molar-refractivity contribution in [1.29, 1.82) is 0 Å². The van der Waals surface area contributed by atoms with Crippen LogP contribution < -0.4 is 5.32 Å². The molecule has 3 aromatic rings. The summed E-state index contributed by atoms with van der Waals surface area (Å²) >= 11 is 1.33. The molecule has 7 nitrogen and oxygen atoms in total. The first kappa shape index (κ1) is 20.2. The van der Waals surface area contributed by atoms with Gasteiger partial charge in [0.05, 0.1) is 17.4 Å². The summed E-state index contributed by atoms with van der Waals surface area (Å²) in [7, 11) is 0. The molecule has 2 atom stereocenters. The number of carbonyl (C=O) groups is 2. The number of nitrogens with one attached hydrogen (secondary N) is 1. The van der Waals surface area contributed by atoms with Crippen LogP contribution >= 0.6 is 11.3 Å². The number of benzene rings is 1. The third-order valence-corrected chi connectivity index (χ3v) is 5.95. The Bertz CT molecular complexity index is 1040. The molecular formula is C22H23N5O2S. The molecule has 30 heavy (non-hydrogen) atoms. The van der Waals surface area contributed by atoms with Crippen LogP contribution in [0.25, 0.3) is 10.7 Å². The van der Waals surface area contributed by atoms with Crippen molar-refractivity contribution in [3.8, 4) is 10.7 Å². The maximum atomic E-state index is 13.2. The molecule has 0 radical (unpaired) electrons. The van der Waals surface area contributed by atoms with Gasteiger partial charge in [-0.25, -0.2) is 4.98 Å². The number of aromatic nitrogens is 3. The van der Waals surface area contributed by atoms with E-state index in [1.165, 1.54) is 11.3 Å². The summed E-state index contributed by atoms with van der Waals surface area (Å²) in [5.74, 6) is 0.521. The second kappa shape index (κ2) is 8.71. The topological polar surface area (TPSA) is 88.1 Å². The average Bonchev–Trinajstić information content (AvgIpc) is 3.24. The van der Waals surface area contributed by atoms with Crippen LogP contribution in [0.4, 0.5) is 5.69 Å². The lowest BCUT2D eigenvalue weighted by Crippen LogP contribution is -2.42. The van der Waals surface area contributed by atoms with Crippen LogP contribution in [-0.4, -0.2) is 44.8 Å². The summed E-state index contributed by atoms with van der Waals surface area (Å²) in [5, 5.41) is 5.15. The number of amides is 2. The fourth-order valence-electron chi connectivity index (χ4n) is 3.87. The Balaban J connectivity index is 1.52. The van der Waals surface area contributed by atoms with E-state index >= 15 is 0 Å². The molecular weight excluding hydrogens is 398 g/mol. The Morgan fingerprint density at radius 2 is 1.90 bits per heavy atom. The molecule has 0 saturated carbocycles. The summed E-state index contributed by atoms with van der Waals surface area (Å²) in [4.78, 5) is 40.4. The summed E-state index contributed by atoms with van der Waals surface area (Å²) in [6.07, 6.45) is 5.90. The predicted octanol–water partition coefficient (Wildman–Crippen LogP) is 3.97. The number of nitrogens with zero attached hydrogens (tertiary/aromatic N) is 4. The minimum Gasteiger partial charge on any atom is -0.338 e. The fraction of sp³-hybridized carbons (Fsp3) is 0.318. The van der Waals surface area contributed by atoms with Crippen molar-refractivity contribution in [2.45, 2.75) is 20.3 Å². The van der Waals surface area contributed by atoms with Gasteiger partial charge in [0, 0.05) is 30.9 Å². The number of hydrogen-bond donors (Lipinski definition) is 1. The van der Waals surface area contributed by atoms with Gasteiger partial charge in [0.25, 0.3) is 11.8 Å². The maximum absolute atomic E-state index is 13.2. The lowest BCUT2D eigenvalue weighted by atomic mass is 9.91. The first-order valence-corrected chi connectivity index (χ1v) is 10.8. The molecule has 1 saturated heterocycles. The highest BCUT2D eigenvalue weighted by Crippen LogP contribution is 2.26. The van der Waals surface area contributed by atoms with Gasteiger partial charge in [0.15, 0.2) is 0 Å². The number of anilines is 1. The molecule has 1 fully saturated rings. The normalized spacial score (nSPS) is 18.8. The lowest BCUT2D eigenvalue weighted by Gasteiger charge is -2.35. The summed E-state index contributed by atoms with van der Waals surface area (Å²) in [5.41, 5.74) is 1.89. The van der Waals surface area contributed by atoms with E-state index in [4.69, 9.17) is 0 Å². The van der Waals surface area contributed by atoms with Crippen LogP contribution in [0.5, 0.6) is 0 Å². The van der Waals surface area contributed by atoms with Crippen LogP contribution in [0.15, 0.2) is 48.2 Å². The second-order valence-electron chi connectivity index (χ2n) is 7.78. The van der Waals surface area contributed by atoms with Crippen molar-refractivity contribution in [3.63, 3.8) is 0 Å². The highest BCUT2D eigenvalue weighted by molar-refractivity contribution is 7.13. The van der Waals surface area contributed by atoms with E-state index in [1.807, 2.05) is 11.0 Å². The quantitative estimate of drug-likeness (QED) is 0.689. The molecule has 1 N–H and O–H groups in total. The van der Waals surface area contributed by atoms with Gasteiger partial charge in [-0.3, -0.25) is 19.6 Å². The van der Waals surface area contributed by atoms with Gasteiger partial charge in [-0.2, -0.15) is 0 Å². The van der Waals surface area contributed by atoms with E-state index in [1.54, 1.807) is 42.2 Å². The Hall–Kier alpha value is -3.13. The standard InChI is InChI=1S/C22H23N5O2S/c1-14-9-15(2)12-27(11-14)22(29)16-5-3-4-6-17(16)25-20(28)19-13-30-21(26-19)18-10-23-7-8-24-18/h3-8,10,13-15H,9,11-12H2,1-2H3,(H,25,28). The Morgan fingerprint density at radius 3 is 2.63 bits per heavy atom. The lowest BCUT2D eigenvalue weighted by molar-refractivity contribution is 0.0624. The Kier molecular flexibility index (Phi) is 5.85. The highest BCUT2D eigenvalue weighted by Gasteiger charge is 2.27. The zero-order chi connectivity index (χ0) is 21.1. The van der Waals surface area contributed by atoms with E-state index in [0.29, 0.717) is 33.8 Å². The molecule has 0 spiro atoms. The number of carbonyl (C=O) groups excluding carboxylic acids is 2. The molecule has 4 rings (SSSR count). The van der Waals surface area contributed by atoms with Gasteiger partial charge < -0.3 is 10.2 Å². The van der Waals surface area contributed by atoms with Crippen LogP contribution in [0.2, 0.25) is 0 Å². The van der Waals surface area contributed by atoms with E-state index in [0.717, 1.165) is 19.5 Å². The fourth-order valence-corrected chi connectivity index (χ4v) is 4.63. The van der Waals surface area contributed by atoms with Gasteiger partial charge in [-0.1, -0.05) is 26.0 Å². The van der Waals surface area contributed by atoms with Crippen LogP contribution in [0.1, 0.15) is 41.1 Å². The molecule has 2 aromatic heterocycles. The molecule has 1 aliphatic heterocycles. The van der Waals surface area contributed by atoms with E-state index in [2.05, 4.69) is 34.1 Å². The third-order valence-electron chi connectivity index (χ3n) is 5.08.